The van der Waals surface area contributed by atoms with Crippen molar-refractivity contribution >= 4 is 0 Å². The number of nitrogens with two attached hydrogens (primary N) is 1. The molecule has 0 aromatic carbocycles. The van der Waals surface area contributed by atoms with Crippen molar-refractivity contribution in [3.8, 4) is 0 Å². The summed E-state index contributed by atoms with van der Waals surface area (Å²) >= 11 is 0. The average Bonchev–Trinajstić information content (AvgIpc) is 3.02. The minimum absolute atomic E-state index is 0.0162. The van der Waals surface area contributed by atoms with Crippen LogP contribution >= 0.6 is 0 Å². The van der Waals surface area contributed by atoms with Gasteiger partial charge in [0.05, 0.1) is 0 Å². The lowest BCUT2D eigenvalue weighted by Gasteiger charge is -2.38. The molecule has 3 nitrogen and oxygen atoms in total. The molecule has 2 N–H and O–H groups in total. The van der Waals surface area contributed by atoms with Crippen LogP contribution in [0.2, 0.25) is 0 Å². The van der Waals surface area contributed by atoms with Gasteiger partial charge >= 0.3 is 0 Å². The summed E-state index contributed by atoms with van der Waals surface area (Å²) < 4.78 is 5.40. The maximum absolute atomic E-state index is 6.46. The van der Waals surface area contributed by atoms with E-state index in [1.165, 1.54) is 32.4 Å². The zero-order chi connectivity index (χ0) is 11.4. The lowest BCUT2D eigenvalue weighted by molar-refractivity contribution is 0.0370. The monoisotopic (exact) mass is 226 g/mol. The largest absolute Gasteiger partial charge is 0.381 e. The topological polar surface area (TPSA) is 38.5 Å². The maximum atomic E-state index is 6.46. The molecule has 0 amide bonds. The fourth-order valence-corrected chi connectivity index (χ4v) is 2.60. The number of rotatable bonds is 6. The van der Waals surface area contributed by atoms with Crippen LogP contribution in [-0.4, -0.2) is 43.3 Å². The molecule has 2 fully saturated rings. The molecule has 94 valence electrons. The molecule has 2 rings (SSSR count). The highest BCUT2D eigenvalue weighted by Gasteiger charge is 2.32. The van der Waals surface area contributed by atoms with Crippen LogP contribution in [0.5, 0.6) is 0 Å². The van der Waals surface area contributed by atoms with Gasteiger partial charge in [0, 0.05) is 31.8 Å². The second kappa shape index (κ2) is 5.48. The minimum atomic E-state index is 0.0162. The molecule has 16 heavy (non-hydrogen) atoms. The Kier molecular flexibility index (Phi) is 4.22. The molecule has 0 bridgehead atoms. The van der Waals surface area contributed by atoms with Crippen molar-refractivity contribution in [1.82, 2.24) is 4.90 Å². The standard InChI is InChI=1S/C13H26N2O/c1-2-7-15(10-12-3-4-12)11-13(14)5-8-16-9-6-13/h12H,2-11,14H2,1H3. The van der Waals surface area contributed by atoms with Crippen molar-refractivity contribution in [2.24, 2.45) is 11.7 Å². The first kappa shape index (κ1) is 12.3. The highest BCUT2D eigenvalue weighted by Crippen LogP contribution is 2.30. The third kappa shape index (κ3) is 3.72. The number of nitrogens with zero attached hydrogens (tertiary/aromatic N) is 1. The van der Waals surface area contributed by atoms with E-state index in [4.69, 9.17) is 10.5 Å². The molecule has 1 saturated carbocycles. The first-order valence-corrected chi connectivity index (χ1v) is 6.81. The Labute approximate surface area is 99.3 Å². The summed E-state index contributed by atoms with van der Waals surface area (Å²) in [5.41, 5.74) is 6.48. The molecule has 3 heteroatoms. The summed E-state index contributed by atoms with van der Waals surface area (Å²) in [5.74, 6) is 0.968. The molecular weight excluding hydrogens is 200 g/mol. The SMILES string of the molecule is CCCN(CC1CC1)CC1(N)CCOCC1. The number of hydrogen-bond acceptors (Lipinski definition) is 3. The predicted octanol–water partition coefficient (Wildman–Crippen LogP) is 1.62. The van der Waals surface area contributed by atoms with Gasteiger partial charge in [-0.2, -0.15) is 0 Å². The van der Waals surface area contributed by atoms with Crippen molar-refractivity contribution in [2.75, 3.05) is 32.8 Å². The van der Waals surface area contributed by atoms with Crippen LogP contribution < -0.4 is 5.73 Å². The Hall–Kier alpha value is -0.120. The summed E-state index contributed by atoms with van der Waals surface area (Å²) in [7, 11) is 0. The minimum Gasteiger partial charge on any atom is -0.381 e. The lowest BCUT2D eigenvalue weighted by atomic mass is 9.90. The van der Waals surface area contributed by atoms with Crippen LogP contribution in [0.1, 0.15) is 39.0 Å². The molecule has 1 aliphatic heterocycles. The third-order valence-electron chi connectivity index (χ3n) is 3.78. The molecular formula is C13H26N2O. The van der Waals surface area contributed by atoms with E-state index in [0.717, 1.165) is 38.5 Å². The molecule has 2 aliphatic rings. The highest BCUT2D eigenvalue weighted by molar-refractivity contribution is 4.91. The van der Waals surface area contributed by atoms with Gasteiger partial charge in [0.15, 0.2) is 0 Å². The normalized spacial score (nSPS) is 24.9. The fraction of sp³-hybridized carbons (Fsp3) is 1.00. The molecule has 0 unspecified atom stereocenters. The van der Waals surface area contributed by atoms with Crippen molar-refractivity contribution in [3.63, 3.8) is 0 Å². The van der Waals surface area contributed by atoms with Gasteiger partial charge in [-0.3, -0.25) is 0 Å². The molecule has 1 saturated heterocycles. The van der Waals surface area contributed by atoms with Gasteiger partial charge < -0.3 is 15.4 Å². The van der Waals surface area contributed by atoms with E-state index < -0.39 is 0 Å². The Morgan fingerprint density at radius 3 is 2.56 bits per heavy atom. The van der Waals surface area contributed by atoms with Gasteiger partial charge in [-0.05, 0) is 44.6 Å². The quantitative estimate of drug-likeness (QED) is 0.748. The summed E-state index contributed by atoms with van der Waals surface area (Å²) in [6.45, 7) is 7.50. The van der Waals surface area contributed by atoms with E-state index in [9.17, 15) is 0 Å². The second-order valence-corrected chi connectivity index (χ2v) is 5.65. The van der Waals surface area contributed by atoms with Crippen molar-refractivity contribution < 1.29 is 4.74 Å². The molecule has 0 aromatic heterocycles. The Bertz CT molecular complexity index is 210. The van der Waals surface area contributed by atoms with E-state index in [1.807, 2.05) is 0 Å². The first-order valence-electron chi connectivity index (χ1n) is 6.81. The van der Waals surface area contributed by atoms with Gasteiger partial charge in [0.25, 0.3) is 0 Å². The lowest BCUT2D eigenvalue weighted by Crippen LogP contribution is -2.54. The molecule has 0 aromatic rings. The van der Waals surface area contributed by atoms with Crippen LogP contribution in [0.4, 0.5) is 0 Å². The highest BCUT2D eigenvalue weighted by atomic mass is 16.5. The number of ether oxygens (including phenoxy) is 1. The van der Waals surface area contributed by atoms with Gasteiger partial charge in [-0.15, -0.1) is 0 Å². The van der Waals surface area contributed by atoms with Crippen LogP contribution in [0.25, 0.3) is 0 Å². The number of hydrogen-bond donors (Lipinski definition) is 1. The van der Waals surface area contributed by atoms with Crippen LogP contribution in [0, 0.1) is 5.92 Å². The van der Waals surface area contributed by atoms with E-state index in [1.54, 1.807) is 0 Å². The van der Waals surface area contributed by atoms with Crippen LogP contribution in [-0.2, 0) is 4.74 Å². The maximum Gasteiger partial charge on any atom is 0.0484 e. The van der Waals surface area contributed by atoms with Crippen LogP contribution in [0.15, 0.2) is 0 Å². The van der Waals surface area contributed by atoms with Gasteiger partial charge in [-0.1, -0.05) is 6.92 Å². The van der Waals surface area contributed by atoms with Crippen molar-refractivity contribution in [1.29, 1.82) is 0 Å². The smallest absolute Gasteiger partial charge is 0.0484 e. The molecule has 0 spiro atoms. The summed E-state index contributed by atoms with van der Waals surface area (Å²) in [6.07, 6.45) is 6.15. The van der Waals surface area contributed by atoms with Crippen molar-refractivity contribution in [2.45, 2.75) is 44.6 Å². The molecule has 1 aliphatic carbocycles. The Morgan fingerprint density at radius 2 is 2.00 bits per heavy atom. The summed E-state index contributed by atoms with van der Waals surface area (Å²) in [6, 6.07) is 0. The predicted molar refractivity (Wildman–Crippen MR) is 66.4 cm³/mol. The Morgan fingerprint density at radius 1 is 1.31 bits per heavy atom. The molecule has 1 heterocycles. The van der Waals surface area contributed by atoms with Gasteiger partial charge in [0.2, 0.25) is 0 Å². The first-order chi connectivity index (χ1) is 7.72. The van der Waals surface area contributed by atoms with E-state index in [-0.39, 0.29) is 5.54 Å². The fourth-order valence-electron chi connectivity index (χ4n) is 2.60. The van der Waals surface area contributed by atoms with E-state index in [0.29, 0.717) is 0 Å². The van der Waals surface area contributed by atoms with Gasteiger partial charge in [0.1, 0.15) is 0 Å². The van der Waals surface area contributed by atoms with E-state index >= 15 is 0 Å². The summed E-state index contributed by atoms with van der Waals surface area (Å²) in [5, 5.41) is 0. The van der Waals surface area contributed by atoms with Crippen LogP contribution in [0.3, 0.4) is 0 Å². The molecule has 0 atom stereocenters. The molecule has 0 radical (unpaired) electrons. The third-order valence-corrected chi connectivity index (χ3v) is 3.78. The van der Waals surface area contributed by atoms with Crippen molar-refractivity contribution in [3.05, 3.63) is 0 Å². The van der Waals surface area contributed by atoms with E-state index in [2.05, 4.69) is 11.8 Å². The van der Waals surface area contributed by atoms with Gasteiger partial charge in [-0.25, -0.2) is 0 Å². The Balaban J connectivity index is 1.81. The second-order valence-electron chi connectivity index (χ2n) is 5.65. The zero-order valence-corrected chi connectivity index (χ0v) is 10.6. The summed E-state index contributed by atoms with van der Waals surface area (Å²) in [4.78, 5) is 2.59. The average molecular weight is 226 g/mol. The zero-order valence-electron chi connectivity index (χ0n) is 10.6.